The number of nitrogens with one attached hydrogen (secondary N) is 2. The normalized spacial score (nSPS) is 10.5. The number of aromatic nitrogens is 1. The first kappa shape index (κ1) is 13.9. The van der Waals surface area contributed by atoms with Crippen LogP contribution < -0.4 is 10.6 Å². The van der Waals surface area contributed by atoms with Crippen LogP contribution in [0.2, 0.25) is 0 Å². The van der Waals surface area contributed by atoms with Gasteiger partial charge in [0.05, 0.1) is 6.54 Å². The van der Waals surface area contributed by atoms with E-state index < -0.39 is 0 Å². The molecule has 0 bridgehead atoms. The Balaban J connectivity index is 1.95. The van der Waals surface area contributed by atoms with Crippen molar-refractivity contribution in [3.8, 4) is 0 Å². The molecule has 0 amide bonds. The maximum Gasteiger partial charge on any atom is 0.128 e. The highest BCUT2D eigenvalue weighted by Crippen LogP contribution is 2.21. The molecule has 2 aromatic heterocycles. The van der Waals surface area contributed by atoms with Gasteiger partial charge in [0.15, 0.2) is 0 Å². The number of hydrogen-bond acceptors (Lipinski definition) is 4. The molecule has 19 heavy (non-hydrogen) atoms. The molecule has 3 nitrogen and oxygen atoms in total. The van der Waals surface area contributed by atoms with Crippen LogP contribution in [0.5, 0.6) is 0 Å². The van der Waals surface area contributed by atoms with Crippen molar-refractivity contribution in [2.75, 3.05) is 17.2 Å². The van der Waals surface area contributed by atoms with E-state index in [1.165, 1.54) is 15.3 Å². The van der Waals surface area contributed by atoms with Crippen molar-refractivity contribution in [1.82, 2.24) is 4.98 Å². The molecule has 0 fully saturated rings. The minimum absolute atomic E-state index is 0.837. The quantitative estimate of drug-likeness (QED) is 0.830. The zero-order chi connectivity index (χ0) is 13.7. The number of rotatable bonds is 6. The van der Waals surface area contributed by atoms with Crippen LogP contribution in [0.15, 0.2) is 24.3 Å². The molecule has 2 rings (SSSR count). The van der Waals surface area contributed by atoms with Gasteiger partial charge in [0, 0.05) is 16.3 Å². The molecule has 0 aliphatic rings. The van der Waals surface area contributed by atoms with Gasteiger partial charge in [-0.05, 0) is 44.0 Å². The fourth-order valence-electron chi connectivity index (χ4n) is 1.80. The Morgan fingerprint density at radius 1 is 1.16 bits per heavy atom. The van der Waals surface area contributed by atoms with Gasteiger partial charge in [-0.25, -0.2) is 4.98 Å². The molecule has 2 N–H and O–H groups in total. The van der Waals surface area contributed by atoms with E-state index >= 15 is 0 Å². The fourth-order valence-corrected chi connectivity index (χ4v) is 2.79. The number of anilines is 2. The minimum Gasteiger partial charge on any atom is -0.370 e. The third-order valence-corrected chi connectivity index (χ3v) is 4.12. The van der Waals surface area contributed by atoms with Gasteiger partial charge in [0.2, 0.25) is 0 Å². The third kappa shape index (κ3) is 3.96. The Bertz CT molecular complexity index is 514. The van der Waals surface area contributed by atoms with Crippen LogP contribution in [-0.4, -0.2) is 11.5 Å². The van der Waals surface area contributed by atoms with E-state index in [2.05, 4.69) is 42.5 Å². The van der Waals surface area contributed by atoms with Crippen molar-refractivity contribution in [2.24, 2.45) is 0 Å². The topological polar surface area (TPSA) is 37.0 Å². The summed E-state index contributed by atoms with van der Waals surface area (Å²) in [5.74, 6) is 1.86. The van der Waals surface area contributed by atoms with E-state index in [4.69, 9.17) is 0 Å². The van der Waals surface area contributed by atoms with E-state index in [0.717, 1.165) is 31.1 Å². The monoisotopic (exact) mass is 275 g/mol. The SMILES string of the molecule is CCCNc1cccc(NCc2cc(C)c(C)s2)n1. The van der Waals surface area contributed by atoms with Crippen LogP contribution in [-0.2, 0) is 6.54 Å². The highest BCUT2D eigenvalue weighted by molar-refractivity contribution is 7.12. The summed E-state index contributed by atoms with van der Waals surface area (Å²) in [5.41, 5.74) is 1.37. The third-order valence-electron chi connectivity index (χ3n) is 2.97. The van der Waals surface area contributed by atoms with Crippen molar-refractivity contribution >= 4 is 23.0 Å². The first-order valence-electron chi connectivity index (χ1n) is 6.69. The van der Waals surface area contributed by atoms with Crippen LogP contribution in [0.1, 0.15) is 28.7 Å². The molecule has 102 valence electrons. The number of aryl methyl sites for hydroxylation is 2. The highest BCUT2D eigenvalue weighted by atomic mass is 32.1. The first-order chi connectivity index (χ1) is 9.19. The Morgan fingerprint density at radius 3 is 2.53 bits per heavy atom. The summed E-state index contributed by atoms with van der Waals surface area (Å²) in [6, 6.07) is 8.27. The van der Waals surface area contributed by atoms with Gasteiger partial charge in [0.25, 0.3) is 0 Å². The number of thiophene rings is 1. The van der Waals surface area contributed by atoms with Gasteiger partial charge in [-0.2, -0.15) is 0 Å². The standard InChI is InChI=1S/C15H21N3S/c1-4-8-16-14-6-5-7-15(18-14)17-10-13-9-11(2)12(3)19-13/h5-7,9H,4,8,10H2,1-3H3,(H2,16,17,18). The molecule has 0 aromatic carbocycles. The van der Waals surface area contributed by atoms with E-state index in [1.807, 2.05) is 29.5 Å². The number of hydrogen-bond donors (Lipinski definition) is 2. The summed E-state index contributed by atoms with van der Waals surface area (Å²) in [7, 11) is 0. The molecular formula is C15H21N3S. The average molecular weight is 275 g/mol. The Hall–Kier alpha value is -1.55. The van der Waals surface area contributed by atoms with Crippen LogP contribution in [0.4, 0.5) is 11.6 Å². The second kappa shape index (κ2) is 6.57. The van der Waals surface area contributed by atoms with Gasteiger partial charge >= 0.3 is 0 Å². The van der Waals surface area contributed by atoms with Gasteiger partial charge < -0.3 is 10.6 Å². The first-order valence-corrected chi connectivity index (χ1v) is 7.51. The molecule has 0 unspecified atom stereocenters. The summed E-state index contributed by atoms with van der Waals surface area (Å²) >= 11 is 1.85. The zero-order valence-corrected chi connectivity index (χ0v) is 12.6. The lowest BCUT2D eigenvalue weighted by atomic mass is 10.3. The minimum atomic E-state index is 0.837. The van der Waals surface area contributed by atoms with E-state index in [-0.39, 0.29) is 0 Å². The van der Waals surface area contributed by atoms with Gasteiger partial charge in [0.1, 0.15) is 11.6 Å². The van der Waals surface area contributed by atoms with Crippen molar-refractivity contribution in [3.05, 3.63) is 39.6 Å². The highest BCUT2D eigenvalue weighted by Gasteiger charge is 2.02. The molecule has 0 aliphatic heterocycles. The summed E-state index contributed by atoms with van der Waals surface area (Å²) in [6.07, 6.45) is 1.10. The Morgan fingerprint density at radius 2 is 1.89 bits per heavy atom. The Kier molecular flexibility index (Phi) is 4.80. The molecular weight excluding hydrogens is 254 g/mol. The predicted octanol–water partition coefficient (Wildman–Crippen LogP) is 4.19. The van der Waals surface area contributed by atoms with E-state index in [0.29, 0.717) is 0 Å². The summed E-state index contributed by atoms with van der Waals surface area (Å²) in [4.78, 5) is 7.28. The van der Waals surface area contributed by atoms with Crippen molar-refractivity contribution in [1.29, 1.82) is 0 Å². The van der Waals surface area contributed by atoms with E-state index in [1.54, 1.807) is 0 Å². The molecule has 0 atom stereocenters. The summed E-state index contributed by atoms with van der Waals surface area (Å²) in [6.45, 7) is 8.26. The van der Waals surface area contributed by atoms with Crippen LogP contribution >= 0.6 is 11.3 Å². The van der Waals surface area contributed by atoms with Crippen LogP contribution in [0.3, 0.4) is 0 Å². The van der Waals surface area contributed by atoms with Gasteiger partial charge in [-0.1, -0.05) is 13.0 Å². The average Bonchev–Trinajstić information content (AvgIpc) is 2.74. The van der Waals surface area contributed by atoms with Gasteiger partial charge in [-0.3, -0.25) is 0 Å². The van der Waals surface area contributed by atoms with Crippen LogP contribution in [0, 0.1) is 13.8 Å². The molecule has 2 heterocycles. The summed E-state index contributed by atoms with van der Waals surface area (Å²) in [5, 5.41) is 6.68. The second-order valence-electron chi connectivity index (χ2n) is 4.64. The maximum atomic E-state index is 4.54. The van der Waals surface area contributed by atoms with Gasteiger partial charge in [-0.15, -0.1) is 11.3 Å². The predicted molar refractivity (Wildman–Crippen MR) is 84.1 cm³/mol. The molecule has 0 radical (unpaired) electrons. The molecule has 0 saturated carbocycles. The molecule has 0 spiro atoms. The van der Waals surface area contributed by atoms with Crippen molar-refractivity contribution in [3.63, 3.8) is 0 Å². The van der Waals surface area contributed by atoms with Crippen LogP contribution in [0.25, 0.3) is 0 Å². The zero-order valence-electron chi connectivity index (χ0n) is 11.8. The number of pyridine rings is 1. The molecule has 4 heteroatoms. The second-order valence-corrected chi connectivity index (χ2v) is 5.98. The van der Waals surface area contributed by atoms with Crippen molar-refractivity contribution < 1.29 is 0 Å². The largest absolute Gasteiger partial charge is 0.370 e. The van der Waals surface area contributed by atoms with E-state index in [9.17, 15) is 0 Å². The van der Waals surface area contributed by atoms with Crippen molar-refractivity contribution in [2.45, 2.75) is 33.7 Å². The molecule has 0 aliphatic carbocycles. The maximum absolute atomic E-state index is 4.54. The molecule has 2 aromatic rings. The molecule has 0 saturated heterocycles. The lowest BCUT2D eigenvalue weighted by Crippen LogP contribution is -2.04. The Labute approximate surface area is 119 Å². The fraction of sp³-hybridized carbons (Fsp3) is 0.400. The lowest BCUT2D eigenvalue weighted by molar-refractivity contribution is 0.968. The summed E-state index contributed by atoms with van der Waals surface area (Å²) < 4.78 is 0. The number of nitrogens with zero attached hydrogens (tertiary/aromatic N) is 1. The lowest BCUT2D eigenvalue weighted by Gasteiger charge is -2.07. The smallest absolute Gasteiger partial charge is 0.128 e.